The number of hydrogen-bond donors (Lipinski definition) is 2. The number of phosphoric ester groups is 1. The van der Waals surface area contributed by atoms with Gasteiger partial charge in [-0.3, -0.25) is 4.52 Å². The largest absolute Gasteiger partial charge is 0.469 e. The van der Waals surface area contributed by atoms with Gasteiger partial charge in [-0.1, -0.05) is 0 Å². The molecule has 20 heteroatoms. The molecule has 2 N–H and O–H groups in total. The molecule has 0 rings (SSSR count). The van der Waals surface area contributed by atoms with Crippen LogP contribution in [-0.4, -0.2) is 58.1 Å². The van der Waals surface area contributed by atoms with E-state index in [4.69, 9.17) is 9.79 Å². The zero-order valence-corrected chi connectivity index (χ0v) is 13.6. The molecule has 0 aromatic carbocycles. The molecule has 0 spiro atoms. The summed E-state index contributed by atoms with van der Waals surface area (Å²) >= 11 is 0. The second-order valence-electron chi connectivity index (χ2n) is 5.15. The van der Waals surface area contributed by atoms with Crippen LogP contribution in [0.1, 0.15) is 6.42 Å². The van der Waals surface area contributed by atoms with E-state index in [0.717, 1.165) is 0 Å². The van der Waals surface area contributed by atoms with Gasteiger partial charge in [-0.25, -0.2) is 4.57 Å². The summed E-state index contributed by atoms with van der Waals surface area (Å²) in [5.41, 5.74) is 0. The standard InChI is InChI=1S/C9H6F15O4P/c10-3(11,1-2-28-29(25,26)27)4(12,13)5(14,15)6(16,17)7(18,19)8(20,21)9(22,23)24/h1-2H2,(H2,25,26,27). The molecule has 4 nitrogen and oxygen atoms in total. The molecule has 0 fully saturated rings. The van der Waals surface area contributed by atoms with Crippen molar-refractivity contribution in [3.8, 4) is 0 Å². The molecule has 29 heavy (non-hydrogen) atoms. The van der Waals surface area contributed by atoms with Crippen LogP contribution in [0.4, 0.5) is 65.9 Å². The second kappa shape index (κ2) is 7.33. The lowest BCUT2D eigenvalue weighted by atomic mass is 9.90. The molecule has 0 saturated carbocycles. The average molecular weight is 494 g/mol. The van der Waals surface area contributed by atoms with E-state index >= 15 is 0 Å². The number of alkyl halides is 15. The van der Waals surface area contributed by atoms with Gasteiger partial charge < -0.3 is 9.79 Å². The van der Waals surface area contributed by atoms with E-state index in [0.29, 0.717) is 0 Å². The van der Waals surface area contributed by atoms with Gasteiger partial charge in [0.1, 0.15) is 0 Å². The average Bonchev–Trinajstić information content (AvgIpc) is 2.43. The molecule has 0 atom stereocenters. The van der Waals surface area contributed by atoms with E-state index in [1.165, 1.54) is 0 Å². The first kappa shape index (κ1) is 28.1. The molecule has 0 aliphatic carbocycles. The molecule has 0 aromatic rings. The molecular weight excluding hydrogens is 488 g/mol. The van der Waals surface area contributed by atoms with Crippen LogP contribution >= 0.6 is 7.82 Å². The maximum atomic E-state index is 13.2. The molecule has 0 unspecified atom stereocenters. The quantitative estimate of drug-likeness (QED) is 0.355. The van der Waals surface area contributed by atoms with Crippen LogP contribution in [0.5, 0.6) is 0 Å². The van der Waals surface area contributed by atoms with Gasteiger partial charge in [0.25, 0.3) is 0 Å². The minimum absolute atomic E-state index is 2.27. The Bertz CT molecular complexity index is 636. The molecule has 0 saturated heterocycles. The number of hydrogen-bond acceptors (Lipinski definition) is 2. The first-order valence-electron chi connectivity index (χ1n) is 6.24. The normalized spacial score (nSPS) is 16.3. The summed E-state index contributed by atoms with van der Waals surface area (Å²) in [6.07, 6.45) is -10.7. The van der Waals surface area contributed by atoms with E-state index in [-0.39, 0.29) is 0 Å². The maximum absolute atomic E-state index is 13.2. The molecule has 0 heterocycles. The van der Waals surface area contributed by atoms with E-state index in [1.807, 2.05) is 0 Å². The molecule has 176 valence electrons. The lowest BCUT2D eigenvalue weighted by molar-refractivity contribution is -0.452. The molecule has 0 aliphatic heterocycles. The summed E-state index contributed by atoms with van der Waals surface area (Å²) < 4.78 is 205. The summed E-state index contributed by atoms with van der Waals surface area (Å²) in [6.45, 7) is -2.27. The molecule has 0 amide bonds. The van der Waals surface area contributed by atoms with Crippen molar-refractivity contribution >= 4 is 7.82 Å². The van der Waals surface area contributed by atoms with Crippen molar-refractivity contribution in [3.63, 3.8) is 0 Å². The first-order valence-corrected chi connectivity index (χ1v) is 7.77. The number of halogens is 15. The highest BCUT2D eigenvalue weighted by atomic mass is 31.2. The topological polar surface area (TPSA) is 66.8 Å². The van der Waals surface area contributed by atoms with Crippen molar-refractivity contribution in [3.05, 3.63) is 0 Å². The van der Waals surface area contributed by atoms with Crippen LogP contribution in [0.25, 0.3) is 0 Å². The molecule has 0 radical (unpaired) electrons. The van der Waals surface area contributed by atoms with E-state index in [1.54, 1.807) is 0 Å². The summed E-state index contributed by atoms with van der Waals surface area (Å²) in [5.74, 6) is -47.4. The lowest BCUT2D eigenvalue weighted by Crippen LogP contribution is -2.72. The van der Waals surface area contributed by atoms with Crippen molar-refractivity contribution in [2.75, 3.05) is 6.61 Å². The van der Waals surface area contributed by atoms with Gasteiger partial charge in [0.05, 0.1) is 6.61 Å². The smallest absolute Gasteiger partial charge is 0.303 e. The maximum Gasteiger partial charge on any atom is 0.469 e. The van der Waals surface area contributed by atoms with Crippen LogP contribution in [0, 0.1) is 0 Å². The predicted octanol–water partition coefficient (Wildman–Crippen LogP) is 4.86. The molecule has 0 bridgehead atoms. The van der Waals surface area contributed by atoms with Gasteiger partial charge in [-0.05, 0) is 0 Å². The van der Waals surface area contributed by atoms with Crippen molar-refractivity contribution < 1.29 is 84.7 Å². The Morgan fingerprint density at radius 1 is 0.586 bits per heavy atom. The highest BCUT2D eigenvalue weighted by molar-refractivity contribution is 7.46. The Kier molecular flexibility index (Phi) is 7.10. The fourth-order valence-corrected chi connectivity index (χ4v) is 1.78. The predicted molar refractivity (Wildman–Crippen MR) is 58.4 cm³/mol. The Labute approximate surface area is 148 Å². The van der Waals surface area contributed by atoms with Crippen molar-refractivity contribution in [1.29, 1.82) is 0 Å². The third kappa shape index (κ3) is 4.56. The molecule has 0 aliphatic rings. The van der Waals surface area contributed by atoms with E-state index in [9.17, 15) is 70.4 Å². The van der Waals surface area contributed by atoms with Gasteiger partial charge in [-0.2, -0.15) is 65.9 Å². The van der Waals surface area contributed by atoms with Gasteiger partial charge in [0, 0.05) is 6.42 Å². The monoisotopic (exact) mass is 494 g/mol. The Morgan fingerprint density at radius 3 is 1.21 bits per heavy atom. The minimum Gasteiger partial charge on any atom is -0.303 e. The van der Waals surface area contributed by atoms with Crippen LogP contribution in [0.2, 0.25) is 0 Å². The Hall–Kier alpha value is -0.940. The highest BCUT2D eigenvalue weighted by Gasteiger charge is 2.93. The van der Waals surface area contributed by atoms with Crippen molar-refractivity contribution in [2.24, 2.45) is 0 Å². The van der Waals surface area contributed by atoms with Crippen LogP contribution in [0.3, 0.4) is 0 Å². The van der Waals surface area contributed by atoms with Crippen LogP contribution in [0.15, 0.2) is 0 Å². The van der Waals surface area contributed by atoms with Crippen molar-refractivity contribution in [2.45, 2.75) is 48.1 Å². The summed E-state index contributed by atoms with van der Waals surface area (Å²) in [6, 6.07) is 0. The molecular formula is C9H6F15O4P. The summed E-state index contributed by atoms with van der Waals surface area (Å²) in [5, 5.41) is 0. The summed E-state index contributed by atoms with van der Waals surface area (Å²) in [7, 11) is -5.70. The highest BCUT2D eigenvalue weighted by Crippen LogP contribution is 2.62. The fraction of sp³-hybridized carbons (Fsp3) is 1.00. The van der Waals surface area contributed by atoms with Crippen molar-refractivity contribution in [1.82, 2.24) is 0 Å². The SMILES string of the molecule is O=P(O)(O)OCCC(F)(F)C(F)(F)C(F)(F)C(F)(F)C(F)(F)C(F)(F)C(F)(F)F. The van der Waals surface area contributed by atoms with Gasteiger partial charge in [0.15, 0.2) is 0 Å². The van der Waals surface area contributed by atoms with Gasteiger partial charge in [0.2, 0.25) is 0 Å². The zero-order valence-electron chi connectivity index (χ0n) is 12.7. The third-order valence-corrected chi connectivity index (χ3v) is 3.59. The molecule has 0 aromatic heterocycles. The number of phosphoric acid groups is 1. The van der Waals surface area contributed by atoms with E-state index in [2.05, 4.69) is 4.52 Å². The minimum atomic E-state index is -8.41. The Morgan fingerprint density at radius 2 is 0.897 bits per heavy atom. The third-order valence-electron chi connectivity index (χ3n) is 3.07. The zero-order chi connectivity index (χ0) is 24.1. The first-order chi connectivity index (χ1) is 12.2. The van der Waals surface area contributed by atoms with Gasteiger partial charge >= 0.3 is 49.5 Å². The summed E-state index contributed by atoms with van der Waals surface area (Å²) in [4.78, 5) is 16.2. The Balaban J connectivity index is 6.19. The van der Waals surface area contributed by atoms with Crippen LogP contribution in [-0.2, 0) is 9.09 Å². The fourth-order valence-electron chi connectivity index (χ4n) is 1.45. The lowest BCUT2D eigenvalue weighted by Gasteiger charge is -2.41. The van der Waals surface area contributed by atoms with Gasteiger partial charge in [-0.15, -0.1) is 0 Å². The second-order valence-corrected chi connectivity index (χ2v) is 6.39. The number of rotatable bonds is 9. The van der Waals surface area contributed by atoms with Crippen LogP contribution < -0.4 is 0 Å². The van der Waals surface area contributed by atoms with E-state index < -0.39 is 62.6 Å².